The molecular weight excluding hydrogens is 316 g/mol. The minimum atomic E-state index is -0.152. The van der Waals surface area contributed by atoms with Crippen LogP contribution in [-0.4, -0.2) is 24.2 Å². The number of amides is 1. The van der Waals surface area contributed by atoms with Crippen LogP contribution in [0.3, 0.4) is 0 Å². The van der Waals surface area contributed by atoms with Crippen LogP contribution < -0.4 is 10.1 Å². The predicted molar refractivity (Wildman–Crippen MR) is 93.5 cm³/mol. The molecular formula is C20H20N2O3. The molecule has 128 valence electrons. The molecule has 0 unspecified atom stereocenters. The number of hydrogen-bond donors (Lipinski definition) is 2. The van der Waals surface area contributed by atoms with Gasteiger partial charge in [0, 0.05) is 17.5 Å². The second-order valence-corrected chi connectivity index (χ2v) is 6.56. The quantitative estimate of drug-likeness (QED) is 0.849. The number of nitrogens with zero attached hydrogens (tertiary/aromatic N) is 1. The van der Waals surface area contributed by atoms with Crippen molar-refractivity contribution in [2.75, 3.05) is 13.2 Å². The molecule has 5 nitrogen and oxygen atoms in total. The number of carbonyl (C=O) groups excluding carboxylic acids is 1. The summed E-state index contributed by atoms with van der Waals surface area (Å²) in [5.74, 6) is 1.15. The molecule has 1 amide bonds. The van der Waals surface area contributed by atoms with Crippen molar-refractivity contribution in [1.29, 1.82) is 5.26 Å². The molecule has 0 radical (unpaired) electrons. The molecule has 0 aliphatic heterocycles. The van der Waals surface area contributed by atoms with Gasteiger partial charge in [0.25, 0.3) is 5.91 Å². The van der Waals surface area contributed by atoms with E-state index in [4.69, 9.17) is 10.00 Å². The summed E-state index contributed by atoms with van der Waals surface area (Å²) in [4.78, 5) is 12.2. The Kier molecular flexibility index (Phi) is 4.73. The van der Waals surface area contributed by atoms with Crippen LogP contribution in [0.15, 0.2) is 42.5 Å². The Morgan fingerprint density at radius 2 is 2.00 bits per heavy atom. The molecule has 0 aromatic heterocycles. The molecule has 3 rings (SSSR count). The van der Waals surface area contributed by atoms with Gasteiger partial charge in [0.15, 0.2) is 0 Å². The number of benzene rings is 2. The fraction of sp³-hybridized carbons (Fsp3) is 0.300. The Hall–Kier alpha value is -2.84. The zero-order chi connectivity index (χ0) is 17.9. The summed E-state index contributed by atoms with van der Waals surface area (Å²) < 4.78 is 5.81. The number of ether oxygens (including phenoxy) is 1. The van der Waals surface area contributed by atoms with Gasteiger partial charge in [-0.2, -0.15) is 5.26 Å². The van der Waals surface area contributed by atoms with E-state index in [9.17, 15) is 9.90 Å². The first-order valence-corrected chi connectivity index (χ1v) is 8.23. The highest BCUT2D eigenvalue weighted by atomic mass is 16.5. The van der Waals surface area contributed by atoms with Crippen molar-refractivity contribution in [2.45, 2.75) is 19.8 Å². The Bertz CT molecular complexity index is 818. The van der Waals surface area contributed by atoms with Crippen molar-refractivity contribution < 1.29 is 14.6 Å². The van der Waals surface area contributed by atoms with Crippen LogP contribution in [0.4, 0.5) is 0 Å². The molecule has 2 N–H and O–H groups in total. The van der Waals surface area contributed by atoms with Crippen molar-refractivity contribution in [1.82, 2.24) is 5.32 Å². The van der Waals surface area contributed by atoms with Crippen LogP contribution in [0.5, 0.6) is 11.5 Å². The normalized spacial score (nSPS) is 14.4. The SMILES string of the molecule is Cc1cc(C#N)ccc1Oc1ccc(C(=O)NCC2(CO)CC2)cc1. The minimum Gasteiger partial charge on any atom is -0.457 e. The maximum Gasteiger partial charge on any atom is 0.251 e. The van der Waals surface area contributed by atoms with Crippen LogP contribution >= 0.6 is 0 Å². The molecule has 5 heteroatoms. The van der Waals surface area contributed by atoms with E-state index in [1.165, 1.54) is 0 Å². The van der Waals surface area contributed by atoms with Crippen LogP contribution in [0.25, 0.3) is 0 Å². The van der Waals surface area contributed by atoms with Crippen LogP contribution in [0.1, 0.15) is 34.3 Å². The number of carbonyl (C=O) groups is 1. The molecule has 0 atom stereocenters. The van der Waals surface area contributed by atoms with Crippen molar-refractivity contribution in [3.63, 3.8) is 0 Å². The second-order valence-electron chi connectivity index (χ2n) is 6.56. The standard InChI is InChI=1S/C20H20N2O3/c1-14-10-15(11-21)2-7-18(14)25-17-5-3-16(4-6-17)19(24)22-12-20(13-23)8-9-20/h2-7,10,23H,8-9,12-13H2,1H3,(H,22,24). The van der Waals surface area contributed by atoms with Gasteiger partial charge in [-0.25, -0.2) is 0 Å². The number of aryl methyl sites for hydroxylation is 1. The van der Waals surface area contributed by atoms with E-state index < -0.39 is 0 Å². The molecule has 1 aliphatic rings. The molecule has 1 aliphatic carbocycles. The van der Waals surface area contributed by atoms with Gasteiger partial charge in [-0.1, -0.05) is 0 Å². The number of aliphatic hydroxyl groups excluding tert-OH is 1. The van der Waals surface area contributed by atoms with Crippen LogP contribution in [0.2, 0.25) is 0 Å². The lowest BCUT2D eigenvalue weighted by molar-refractivity contribution is 0.0935. The Morgan fingerprint density at radius 3 is 2.56 bits per heavy atom. The molecule has 0 heterocycles. The summed E-state index contributed by atoms with van der Waals surface area (Å²) in [5, 5.41) is 21.1. The summed E-state index contributed by atoms with van der Waals surface area (Å²) in [5.41, 5.74) is 1.91. The number of aliphatic hydroxyl groups is 1. The number of hydrogen-bond acceptors (Lipinski definition) is 4. The largest absolute Gasteiger partial charge is 0.457 e. The number of rotatable bonds is 6. The van der Waals surface area contributed by atoms with E-state index in [0.29, 0.717) is 29.2 Å². The third-order valence-corrected chi connectivity index (χ3v) is 4.56. The van der Waals surface area contributed by atoms with Crippen molar-refractivity contribution in [2.24, 2.45) is 5.41 Å². The zero-order valence-electron chi connectivity index (χ0n) is 14.1. The molecule has 1 saturated carbocycles. The van der Waals surface area contributed by atoms with Gasteiger partial charge in [-0.3, -0.25) is 4.79 Å². The minimum absolute atomic E-state index is 0.105. The predicted octanol–water partition coefficient (Wildman–Crippen LogP) is 3.16. The average molecular weight is 336 g/mol. The first kappa shape index (κ1) is 17.0. The van der Waals surface area contributed by atoms with Gasteiger partial charge < -0.3 is 15.2 Å². The highest BCUT2D eigenvalue weighted by Gasteiger charge is 2.42. The molecule has 2 aromatic rings. The molecule has 25 heavy (non-hydrogen) atoms. The van der Waals surface area contributed by atoms with E-state index in [2.05, 4.69) is 11.4 Å². The smallest absolute Gasteiger partial charge is 0.251 e. The molecule has 0 spiro atoms. The topological polar surface area (TPSA) is 82.3 Å². The summed E-state index contributed by atoms with van der Waals surface area (Å²) in [6.07, 6.45) is 1.92. The van der Waals surface area contributed by atoms with E-state index in [1.54, 1.807) is 42.5 Å². The van der Waals surface area contributed by atoms with Gasteiger partial charge in [-0.15, -0.1) is 0 Å². The molecule has 0 saturated heterocycles. The average Bonchev–Trinajstić information content (AvgIpc) is 3.42. The van der Waals surface area contributed by atoms with Gasteiger partial charge >= 0.3 is 0 Å². The Morgan fingerprint density at radius 1 is 1.28 bits per heavy atom. The summed E-state index contributed by atoms with van der Waals surface area (Å²) in [7, 11) is 0. The molecule has 0 bridgehead atoms. The lowest BCUT2D eigenvalue weighted by atomic mass is 10.1. The molecule has 1 fully saturated rings. The van der Waals surface area contributed by atoms with E-state index in [1.807, 2.05) is 6.92 Å². The fourth-order valence-corrected chi connectivity index (χ4v) is 2.57. The van der Waals surface area contributed by atoms with Crippen molar-refractivity contribution in [3.05, 3.63) is 59.2 Å². The first-order valence-electron chi connectivity index (χ1n) is 8.23. The van der Waals surface area contributed by atoms with Gasteiger partial charge in [-0.05, 0) is 67.8 Å². The highest BCUT2D eigenvalue weighted by molar-refractivity contribution is 5.94. The van der Waals surface area contributed by atoms with E-state index in [-0.39, 0.29) is 17.9 Å². The monoisotopic (exact) mass is 336 g/mol. The Labute approximate surface area is 146 Å². The first-order chi connectivity index (χ1) is 12.0. The lowest BCUT2D eigenvalue weighted by Gasteiger charge is -2.13. The van der Waals surface area contributed by atoms with Crippen LogP contribution in [-0.2, 0) is 0 Å². The summed E-state index contributed by atoms with van der Waals surface area (Å²) in [6, 6.07) is 14.2. The maximum absolute atomic E-state index is 12.2. The number of nitriles is 1. The van der Waals surface area contributed by atoms with E-state index >= 15 is 0 Å². The fourth-order valence-electron chi connectivity index (χ4n) is 2.57. The van der Waals surface area contributed by atoms with E-state index in [0.717, 1.165) is 18.4 Å². The third-order valence-electron chi connectivity index (χ3n) is 4.56. The van der Waals surface area contributed by atoms with Gasteiger partial charge in [0.2, 0.25) is 0 Å². The van der Waals surface area contributed by atoms with Gasteiger partial charge in [0.05, 0.1) is 18.2 Å². The maximum atomic E-state index is 12.2. The number of nitrogens with one attached hydrogen (secondary N) is 1. The highest BCUT2D eigenvalue weighted by Crippen LogP contribution is 2.44. The second kappa shape index (κ2) is 6.96. The van der Waals surface area contributed by atoms with Gasteiger partial charge in [0.1, 0.15) is 11.5 Å². The Balaban J connectivity index is 1.62. The zero-order valence-corrected chi connectivity index (χ0v) is 14.1. The summed E-state index contributed by atoms with van der Waals surface area (Å²) >= 11 is 0. The van der Waals surface area contributed by atoms with Crippen molar-refractivity contribution in [3.8, 4) is 17.6 Å². The summed E-state index contributed by atoms with van der Waals surface area (Å²) in [6.45, 7) is 2.50. The lowest BCUT2D eigenvalue weighted by Crippen LogP contribution is -2.31. The molecule has 2 aromatic carbocycles. The van der Waals surface area contributed by atoms with Crippen LogP contribution in [0, 0.1) is 23.7 Å². The van der Waals surface area contributed by atoms with Crippen molar-refractivity contribution >= 4 is 5.91 Å². The third kappa shape index (κ3) is 3.98.